The number of hydrogen-bond donors (Lipinski definition) is 1. The summed E-state index contributed by atoms with van der Waals surface area (Å²) in [5, 5.41) is 0. The van der Waals surface area contributed by atoms with Crippen LogP contribution in [-0.2, 0) is 18.3 Å². The van der Waals surface area contributed by atoms with Crippen LogP contribution in [0.5, 0.6) is 0 Å². The van der Waals surface area contributed by atoms with Gasteiger partial charge in [0.25, 0.3) is 0 Å². The van der Waals surface area contributed by atoms with Gasteiger partial charge in [-0.3, -0.25) is 0 Å². The fraction of sp³-hybridized carbons (Fsp3) is 0.538. The van der Waals surface area contributed by atoms with Gasteiger partial charge in [0, 0.05) is 6.04 Å². The number of fused-ring (bicyclic) bond motifs is 1. The smallest absolute Gasteiger partial charge is 0.0120 e. The minimum absolute atomic E-state index is 0.252. The highest BCUT2D eigenvalue weighted by atomic mass is 14.6. The zero-order chi connectivity index (χ0) is 10.3. The number of rotatable bonds is 0. The molecule has 0 saturated heterocycles. The predicted octanol–water partition coefficient (Wildman–Crippen LogP) is 2.41. The molecule has 76 valence electrons. The molecule has 1 atom stereocenters. The molecular weight excluding hydrogens is 170 g/mol. The summed E-state index contributed by atoms with van der Waals surface area (Å²) in [7, 11) is 0. The van der Waals surface area contributed by atoms with E-state index in [1.54, 1.807) is 0 Å². The Morgan fingerprint density at radius 2 is 1.79 bits per heavy atom. The van der Waals surface area contributed by atoms with Crippen LogP contribution in [0.4, 0.5) is 0 Å². The summed E-state index contributed by atoms with van der Waals surface area (Å²) in [5.41, 5.74) is 10.5. The number of hydrogen-bond acceptors (Lipinski definition) is 1. The van der Waals surface area contributed by atoms with Gasteiger partial charge in [0.05, 0.1) is 0 Å². The molecule has 0 amide bonds. The summed E-state index contributed by atoms with van der Waals surface area (Å²) < 4.78 is 0. The highest BCUT2D eigenvalue weighted by Crippen LogP contribution is 2.28. The average molecular weight is 189 g/mol. The summed E-state index contributed by atoms with van der Waals surface area (Å²) in [4.78, 5) is 0. The summed E-state index contributed by atoms with van der Waals surface area (Å²) in [6.07, 6.45) is 2.11. The van der Waals surface area contributed by atoms with Crippen molar-refractivity contribution in [3.05, 3.63) is 34.9 Å². The standard InChI is InChI=1S/C13H19N/c1-13(2,3)11-5-4-9-7-12(14)8-10(9)6-11/h4-6,12H,7-8,14H2,1-3H3/t12-/m0/s1. The van der Waals surface area contributed by atoms with E-state index in [0.717, 1.165) is 12.8 Å². The molecule has 14 heavy (non-hydrogen) atoms. The first-order chi connectivity index (χ1) is 6.47. The van der Waals surface area contributed by atoms with Crippen molar-refractivity contribution in [3.63, 3.8) is 0 Å². The molecule has 2 N–H and O–H groups in total. The van der Waals surface area contributed by atoms with Crippen molar-refractivity contribution in [3.8, 4) is 0 Å². The molecule has 1 aliphatic carbocycles. The SMILES string of the molecule is CC(C)(C)c1ccc2c(c1)C[C@@H](N)C2. The van der Waals surface area contributed by atoms with Crippen molar-refractivity contribution in [2.75, 3.05) is 0 Å². The van der Waals surface area contributed by atoms with Crippen LogP contribution in [-0.4, -0.2) is 6.04 Å². The maximum absolute atomic E-state index is 5.94. The van der Waals surface area contributed by atoms with Gasteiger partial charge in [-0.05, 0) is 34.9 Å². The number of benzene rings is 1. The Kier molecular flexibility index (Phi) is 2.15. The van der Waals surface area contributed by atoms with Crippen LogP contribution in [0.15, 0.2) is 18.2 Å². The molecule has 0 heterocycles. The maximum Gasteiger partial charge on any atom is 0.0120 e. The van der Waals surface area contributed by atoms with Crippen LogP contribution >= 0.6 is 0 Å². The summed E-state index contributed by atoms with van der Waals surface area (Å²) in [5.74, 6) is 0. The van der Waals surface area contributed by atoms with E-state index in [2.05, 4.69) is 39.0 Å². The third-order valence-corrected chi connectivity index (χ3v) is 3.04. The van der Waals surface area contributed by atoms with E-state index in [9.17, 15) is 0 Å². The molecule has 0 fully saturated rings. The van der Waals surface area contributed by atoms with Gasteiger partial charge >= 0.3 is 0 Å². The van der Waals surface area contributed by atoms with Crippen molar-refractivity contribution < 1.29 is 0 Å². The minimum Gasteiger partial charge on any atom is -0.327 e. The lowest BCUT2D eigenvalue weighted by Crippen LogP contribution is -2.19. The van der Waals surface area contributed by atoms with Crippen LogP contribution in [0, 0.1) is 0 Å². The molecule has 1 nitrogen and oxygen atoms in total. The van der Waals surface area contributed by atoms with Crippen LogP contribution in [0.2, 0.25) is 0 Å². The third-order valence-electron chi connectivity index (χ3n) is 3.04. The fourth-order valence-electron chi connectivity index (χ4n) is 2.12. The second-order valence-electron chi connectivity index (χ2n) is 5.40. The topological polar surface area (TPSA) is 26.0 Å². The second kappa shape index (κ2) is 3.09. The Bertz CT molecular complexity index is 347. The van der Waals surface area contributed by atoms with Gasteiger partial charge in [-0.15, -0.1) is 0 Å². The van der Waals surface area contributed by atoms with Gasteiger partial charge in [0.2, 0.25) is 0 Å². The molecule has 1 aromatic carbocycles. The Labute approximate surface area is 86.3 Å². The quantitative estimate of drug-likeness (QED) is 0.666. The molecule has 0 unspecified atom stereocenters. The average Bonchev–Trinajstić information content (AvgIpc) is 2.41. The number of nitrogens with two attached hydrogens (primary N) is 1. The van der Waals surface area contributed by atoms with Gasteiger partial charge in [-0.2, -0.15) is 0 Å². The summed E-state index contributed by atoms with van der Waals surface area (Å²) >= 11 is 0. The third kappa shape index (κ3) is 1.69. The van der Waals surface area contributed by atoms with Crippen LogP contribution in [0.3, 0.4) is 0 Å². The Morgan fingerprint density at radius 1 is 1.14 bits per heavy atom. The molecular formula is C13H19N. The van der Waals surface area contributed by atoms with Crippen LogP contribution < -0.4 is 5.73 Å². The van der Waals surface area contributed by atoms with Crippen LogP contribution in [0.25, 0.3) is 0 Å². The van der Waals surface area contributed by atoms with Gasteiger partial charge in [-0.1, -0.05) is 39.0 Å². The Morgan fingerprint density at radius 3 is 2.43 bits per heavy atom. The summed E-state index contributed by atoms with van der Waals surface area (Å²) in [6, 6.07) is 7.18. The van der Waals surface area contributed by atoms with Crippen molar-refractivity contribution in [2.45, 2.75) is 45.1 Å². The molecule has 1 heteroatoms. The molecule has 0 bridgehead atoms. The summed E-state index contributed by atoms with van der Waals surface area (Å²) in [6.45, 7) is 6.76. The van der Waals surface area contributed by atoms with Crippen molar-refractivity contribution in [1.29, 1.82) is 0 Å². The monoisotopic (exact) mass is 189 g/mol. The van der Waals surface area contributed by atoms with Crippen molar-refractivity contribution in [2.24, 2.45) is 5.73 Å². The second-order valence-corrected chi connectivity index (χ2v) is 5.40. The first kappa shape index (κ1) is 9.72. The Balaban J connectivity index is 2.38. The normalized spacial score (nSPS) is 21.0. The molecule has 2 rings (SSSR count). The molecule has 0 aliphatic heterocycles. The highest BCUT2D eigenvalue weighted by Gasteiger charge is 2.21. The largest absolute Gasteiger partial charge is 0.327 e. The maximum atomic E-state index is 5.94. The van der Waals surface area contributed by atoms with E-state index in [0.29, 0.717) is 6.04 Å². The van der Waals surface area contributed by atoms with E-state index in [1.807, 2.05) is 0 Å². The highest BCUT2D eigenvalue weighted by molar-refractivity contribution is 5.39. The van der Waals surface area contributed by atoms with E-state index in [1.165, 1.54) is 16.7 Å². The molecule has 0 spiro atoms. The van der Waals surface area contributed by atoms with Crippen LogP contribution in [0.1, 0.15) is 37.5 Å². The fourth-order valence-corrected chi connectivity index (χ4v) is 2.12. The lowest BCUT2D eigenvalue weighted by molar-refractivity contribution is 0.589. The lowest BCUT2D eigenvalue weighted by Gasteiger charge is -2.19. The van der Waals surface area contributed by atoms with E-state index in [4.69, 9.17) is 5.73 Å². The lowest BCUT2D eigenvalue weighted by atomic mass is 9.85. The Hall–Kier alpha value is -0.820. The predicted molar refractivity (Wildman–Crippen MR) is 60.5 cm³/mol. The van der Waals surface area contributed by atoms with E-state index in [-0.39, 0.29) is 5.41 Å². The molecule has 1 aromatic rings. The minimum atomic E-state index is 0.252. The molecule has 0 saturated carbocycles. The molecule has 0 aromatic heterocycles. The first-order valence-electron chi connectivity index (χ1n) is 5.34. The van der Waals surface area contributed by atoms with Gasteiger partial charge < -0.3 is 5.73 Å². The first-order valence-corrected chi connectivity index (χ1v) is 5.34. The van der Waals surface area contributed by atoms with Gasteiger partial charge in [-0.25, -0.2) is 0 Å². The zero-order valence-corrected chi connectivity index (χ0v) is 9.30. The van der Waals surface area contributed by atoms with E-state index < -0.39 is 0 Å². The molecule has 0 radical (unpaired) electrons. The molecule has 1 aliphatic rings. The van der Waals surface area contributed by atoms with Crippen molar-refractivity contribution in [1.82, 2.24) is 0 Å². The van der Waals surface area contributed by atoms with Gasteiger partial charge in [0.15, 0.2) is 0 Å². The van der Waals surface area contributed by atoms with E-state index >= 15 is 0 Å². The van der Waals surface area contributed by atoms with Crippen molar-refractivity contribution >= 4 is 0 Å². The van der Waals surface area contributed by atoms with Gasteiger partial charge in [0.1, 0.15) is 0 Å². The zero-order valence-electron chi connectivity index (χ0n) is 9.30.